The third-order valence-electron chi connectivity index (χ3n) is 4.36. The van der Waals surface area contributed by atoms with Gasteiger partial charge in [-0.2, -0.15) is 4.98 Å². The van der Waals surface area contributed by atoms with Crippen molar-refractivity contribution in [2.75, 3.05) is 17.9 Å². The Labute approximate surface area is 172 Å². The third-order valence-corrected chi connectivity index (χ3v) is 5.87. The average Bonchev–Trinajstić information content (AvgIpc) is 3.36. The van der Waals surface area contributed by atoms with E-state index in [4.69, 9.17) is 14.0 Å². The van der Waals surface area contributed by atoms with E-state index in [1.807, 2.05) is 30.3 Å². The SMILES string of the molecule is O=C(CCS(=O)(=O)Cc1nc(Cc2ccccc2)no1)Nc1ccc2c(c1)OCO2. The van der Waals surface area contributed by atoms with Crippen LogP contribution < -0.4 is 14.8 Å². The monoisotopic (exact) mass is 429 g/mol. The lowest BCUT2D eigenvalue weighted by Crippen LogP contribution is -2.18. The maximum Gasteiger partial charge on any atom is 0.241 e. The van der Waals surface area contributed by atoms with Crippen molar-refractivity contribution in [3.63, 3.8) is 0 Å². The van der Waals surface area contributed by atoms with E-state index in [-0.39, 0.29) is 24.9 Å². The second-order valence-electron chi connectivity index (χ2n) is 6.72. The number of ether oxygens (including phenoxy) is 2. The van der Waals surface area contributed by atoms with E-state index in [1.54, 1.807) is 18.2 Å². The van der Waals surface area contributed by atoms with Crippen LogP contribution in [0.5, 0.6) is 11.5 Å². The predicted octanol–water partition coefficient (Wildman–Crippen LogP) is 2.33. The van der Waals surface area contributed by atoms with E-state index in [0.717, 1.165) is 5.56 Å². The zero-order chi connectivity index (χ0) is 21.0. The minimum absolute atomic E-state index is 0.0112. The lowest BCUT2D eigenvalue weighted by atomic mass is 10.1. The number of anilines is 1. The Morgan fingerprint density at radius 2 is 1.87 bits per heavy atom. The smallest absolute Gasteiger partial charge is 0.241 e. The number of nitrogens with zero attached hydrogens (tertiary/aromatic N) is 2. The van der Waals surface area contributed by atoms with Crippen LogP contribution in [0, 0.1) is 0 Å². The zero-order valence-electron chi connectivity index (χ0n) is 15.9. The molecule has 0 unspecified atom stereocenters. The van der Waals surface area contributed by atoms with Crippen molar-refractivity contribution < 1.29 is 27.2 Å². The number of aromatic nitrogens is 2. The van der Waals surface area contributed by atoms with Crippen molar-refractivity contribution in [2.45, 2.75) is 18.6 Å². The van der Waals surface area contributed by atoms with Crippen molar-refractivity contribution in [1.82, 2.24) is 10.1 Å². The number of nitrogens with one attached hydrogen (secondary N) is 1. The van der Waals surface area contributed by atoms with Gasteiger partial charge in [0.1, 0.15) is 5.75 Å². The molecular formula is C20H19N3O6S. The topological polar surface area (TPSA) is 121 Å². The molecule has 2 heterocycles. The van der Waals surface area contributed by atoms with Crippen LogP contribution in [0.15, 0.2) is 53.1 Å². The number of amides is 1. The van der Waals surface area contributed by atoms with Crippen molar-refractivity contribution >= 4 is 21.4 Å². The Bertz CT molecular complexity index is 1140. The maximum atomic E-state index is 12.3. The van der Waals surface area contributed by atoms with Crippen molar-refractivity contribution in [2.24, 2.45) is 0 Å². The van der Waals surface area contributed by atoms with Gasteiger partial charge in [-0.15, -0.1) is 0 Å². The maximum absolute atomic E-state index is 12.3. The molecule has 10 heteroatoms. The lowest BCUT2D eigenvalue weighted by Gasteiger charge is -2.06. The van der Waals surface area contributed by atoms with Gasteiger partial charge in [-0.3, -0.25) is 4.79 Å². The Hall–Kier alpha value is -3.40. The molecule has 0 spiro atoms. The summed E-state index contributed by atoms with van der Waals surface area (Å²) >= 11 is 0. The summed E-state index contributed by atoms with van der Waals surface area (Å²) in [7, 11) is -3.59. The highest BCUT2D eigenvalue weighted by molar-refractivity contribution is 7.90. The molecule has 1 aliphatic heterocycles. The van der Waals surface area contributed by atoms with Crippen molar-refractivity contribution in [3.05, 3.63) is 65.8 Å². The number of fused-ring (bicyclic) bond motifs is 1. The molecule has 30 heavy (non-hydrogen) atoms. The van der Waals surface area contributed by atoms with E-state index in [1.165, 1.54) is 0 Å². The van der Waals surface area contributed by atoms with Crippen LogP contribution in [0.1, 0.15) is 23.7 Å². The molecule has 0 saturated heterocycles. The molecule has 156 valence electrons. The summed E-state index contributed by atoms with van der Waals surface area (Å²) in [4.78, 5) is 16.3. The predicted molar refractivity (Wildman–Crippen MR) is 107 cm³/mol. The molecule has 3 aromatic rings. The molecule has 0 aliphatic carbocycles. The van der Waals surface area contributed by atoms with E-state index in [2.05, 4.69) is 15.5 Å². The van der Waals surface area contributed by atoms with E-state index < -0.39 is 21.5 Å². The fourth-order valence-electron chi connectivity index (χ4n) is 2.91. The summed E-state index contributed by atoms with van der Waals surface area (Å²) in [5, 5.41) is 6.47. The molecule has 0 bridgehead atoms. The fraction of sp³-hybridized carbons (Fsp3) is 0.250. The molecule has 2 aromatic carbocycles. The van der Waals surface area contributed by atoms with Gasteiger partial charge in [0.15, 0.2) is 27.2 Å². The first-order chi connectivity index (χ1) is 14.5. The number of benzene rings is 2. The summed E-state index contributed by atoms with van der Waals surface area (Å²) in [6.45, 7) is 0.133. The first-order valence-electron chi connectivity index (χ1n) is 9.22. The zero-order valence-corrected chi connectivity index (χ0v) is 16.7. The first kappa shape index (κ1) is 19.9. The lowest BCUT2D eigenvalue weighted by molar-refractivity contribution is -0.115. The van der Waals surface area contributed by atoms with Crippen LogP contribution in [0.2, 0.25) is 0 Å². The number of carbonyl (C=O) groups excluding carboxylic acids is 1. The fourth-order valence-corrected chi connectivity index (χ4v) is 4.04. The van der Waals surface area contributed by atoms with E-state index in [9.17, 15) is 13.2 Å². The second-order valence-corrected chi connectivity index (χ2v) is 8.91. The average molecular weight is 429 g/mol. The standard InChI is InChI=1S/C20H19N3O6S/c24-19(21-15-6-7-16-17(11-15)28-13-27-16)8-9-30(25,26)12-20-22-18(23-29-20)10-14-4-2-1-3-5-14/h1-7,11H,8-10,12-13H2,(H,21,24). The second kappa shape index (κ2) is 8.54. The van der Waals surface area contributed by atoms with Crippen LogP contribution in [-0.4, -0.2) is 37.0 Å². The van der Waals surface area contributed by atoms with Crippen LogP contribution in [0.25, 0.3) is 0 Å². The van der Waals surface area contributed by atoms with Gasteiger partial charge in [0, 0.05) is 24.6 Å². The Balaban J connectivity index is 1.28. The summed E-state index contributed by atoms with van der Waals surface area (Å²) in [6, 6.07) is 14.5. The van der Waals surface area contributed by atoms with E-state index >= 15 is 0 Å². The molecule has 1 N–H and O–H groups in total. The Morgan fingerprint density at radius 1 is 1.07 bits per heavy atom. The van der Waals surface area contributed by atoms with Gasteiger partial charge in [-0.25, -0.2) is 8.42 Å². The summed E-state index contributed by atoms with van der Waals surface area (Å²) in [5.41, 5.74) is 1.50. The summed E-state index contributed by atoms with van der Waals surface area (Å²) in [6.07, 6.45) is 0.254. The van der Waals surface area contributed by atoms with Gasteiger partial charge in [0.05, 0.1) is 5.75 Å². The third kappa shape index (κ3) is 5.15. The van der Waals surface area contributed by atoms with E-state index in [0.29, 0.717) is 29.4 Å². The van der Waals surface area contributed by atoms with Gasteiger partial charge >= 0.3 is 0 Å². The highest BCUT2D eigenvalue weighted by Crippen LogP contribution is 2.34. The summed E-state index contributed by atoms with van der Waals surface area (Å²) < 4.78 is 40.2. The molecule has 9 nitrogen and oxygen atoms in total. The minimum Gasteiger partial charge on any atom is -0.454 e. The Morgan fingerprint density at radius 3 is 2.70 bits per heavy atom. The highest BCUT2D eigenvalue weighted by Gasteiger charge is 2.20. The highest BCUT2D eigenvalue weighted by atomic mass is 32.2. The van der Waals surface area contributed by atoms with Crippen LogP contribution in [-0.2, 0) is 26.8 Å². The van der Waals surface area contributed by atoms with Crippen LogP contribution >= 0.6 is 0 Å². The number of sulfone groups is 1. The quantitative estimate of drug-likeness (QED) is 0.579. The minimum atomic E-state index is -3.59. The van der Waals surface area contributed by atoms with Gasteiger partial charge in [0.25, 0.3) is 0 Å². The van der Waals surface area contributed by atoms with Gasteiger partial charge in [0.2, 0.25) is 18.6 Å². The Kier molecular flexibility index (Phi) is 5.66. The van der Waals surface area contributed by atoms with Gasteiger partial charge in [-0.05, 0) is 17.7 Å². The molecular weight excluding hydrogens is 410 g/mol. The largest absolute Gasteiger partial charge is 0.454 e. The van der Waals surface area contributed by atoms with Crippen molar-refractivity contribution in [3.8, 4) is 11.5 Å². The number of hydrogen-bond donors (Lipinski definition) is 1. The first-order valence-corrected chi connectivity index (χ1v) is 11.0. The number of rotatable bonds is 8. The molecule has 1 amide bonds. The van der Waals surface area contributed by atoms with Crippen LogP contribution in [0.4, 0.5) is 5.69 Å². The molecule has 4 rings (SSSR count). The van der Waals surface area contributed by atoms with Gasteiger partial charge < -0.3 is 19.3 Å². The normalized spacial score (nSPS) is 12.7. The molecule has 0 atom stereocenters. The molecule has 0 fully saturated rings. The summed E-state index contributed by atoms with van der Waals surface area (Å²) in [5.74, 6) is 0.382. The van der Waals surface area contributed by atoms with Crippen molar-refractivity contribution in [1.29, 1.82) is 0 Å². The van der Waals surface area contributed by atoms with Crippen LogP contribution in [0.3, 0.4) is 0 Å². The molecule has 1 aliphatic rings. The number of hydrogen-bond acceptors (Lipinski definition) is 8. The van der Waals surface area contributed by atoms with Gasteiger partial charge in [-0.1, -0.05) is 35.5 Å². The number of carbonyl (C=O) groups is 1. The molecule has 0 radical (unpaired) electrons. The molecule has 1 aromatic heterocycles. The molecule has 0 saturated carbocycles.